The molecule has 1 aromatic heterocycles. The van der Waals surface area contributed by atoms with Crippen molar-refractivity contribution in [2.45, 2.75) is 32.8 Å². The molecular formula is C16H19N3O3S. The standard InChI is InChI=1S/C16H19N3O3S/c1-10-5-3-6-11(2)14(10)22-9-13(20)17-16-19-18-15(23-16)12-7-4-8-21-12/h3,5-6,12H,4,7-9H2,1-2H3,(H,17,19,20)/t12-/m1/s1. The lowest BCUT2D eigenvalue weighted by Gasteiger charge is -2.11. The van der Waals surface area contributed by atoms with Gasteiger partial charge in [-0.25, -0.2) is 0 Å². The molecule has 0 bridgehead atoms. The fraction of sp³-hybridized carbons (Fsp3) is 0.438. The maximum Gasteiger partial charge on any atom is 0.264 e. The summed E-state index contributed by atoms with van der Waals surface area (Å²) in [5, 5.41) is 12.1. The number of ether oxygens (including phenoxy) is 2. The van der Waals surface area contributed by atoms with E-state index in [1.54, 1.807) is 0 Å². The van der Waals surface area contributed by atoms with Crippen LogP contribution < -0.4 is 10.1 Å². The van der Waals surface area contributed by atoms with Crippen LogP contribution in [0, 0.1) is 13.8 Å². The Morgan fingerprint density at radius 3 is 2.87 bits per heavy atom. The number of rotatable bonds is 5. The summed E-state index contributed by atoms with van der Waals surface area (Å²) < 4.78 is 11.2. The lowest BCUT2D eigenvalue weighted by atomic mass is 10.1. The van der Waals surface area contributed by atoms with E-state index in [0.717, 1.165) is 41.3 Å². The molecule has 23 heavy (non-hydrogen) atoms. The molecule has 1 aromatic carbocycles. The summed E-state index contributed by atoms with van der Waals surface area (Å²) in [6.07, 6.45) is 2.01. The van der Waals surface area contributed by atoms with Gasteiger partial charge in [-0.3, -0.25) is 10.1 Å². The van der Waals surface area contributed by atoms with Crippen molar-refractivity contribution in [3.05, 3.63) is 34.3 Å². The molecule has 0 aliphatic carbocycles. The number of amides is 1. The van der Waals surface area contributed by atoms with Gasteiger partial charge in [0.2, 0.25) is 5.13 Å². The Morgan fingerprint density at radius 1 is 1.39 bits per heavy atom. The van der Waals surface area contributed by atoms with E-state index < -0.39 is 0 Å². The lowest BCUT2D eigenvalue weighted by molar-refractivity contribution is -0.118. The van der Waals surface area contributed by atoms with Crippen LogP contribution in [0.5, 0.6) is 5.75 Å². The van der Waals surface area contributed by atoms with Gasteiger partial charge in [0.1, 0.15) is 16.9 Å². The molecule has 0 unspecified atom stereocenters. The largest absolute Gasteiger partial charge is 0.483 e. The highest BCUT2D eigenvalue weighted by atomic mass is 32.1. The van der Waals surface area contributed by atoms with E-state index in [2.05, 4.69) is 15.5 Å². The van der Waals surface area contributed by atoms with E-state index in [4.69, 9.17) is 9.47 Å². The van der Waals surface area contributed by atoms with Crippen molar-refractivity contribution < 1.29 is 14.3 Å². The highest BCUT2D eigenvalue weighted by Crippen LogP contribution is 2.31. The van der Waals surface area contributed by atoms with Gasteiger partial charge >= 0.3 is 0 Å². The zero-order valence-electron chi connectivity index (χ0n) is 13.2. The summed E-state index contributed by atoms with van der Waals surface area (Å²) in [4.78, 5) is 12.0. The van der Waals surface area contributed by atoms with Crippen LogP contribution in [-0.4, -0.2) is 29.3 Å². The summed E-state index contributed by atoms with van der Waals surface area (Å²) in [5.41, 5.74) is 2.02. The molecule has 2 aromatic rings. The van der Waals surface area contributed by atoms with E-state index in [0.29, 0.717) is 5.13 Å². The van der Waals surface area contributed by atoms with Crippen molar-refractivity contribution >= 4 is 22.4 Å². The number of nitrogens with one attached hydrogen (secondary N) is 1. The molecule has 1 aliphatic rings. The molecule has 7 heteroatoms. The van der Waals surface area contributed by atoms with Gasteiger partial charge in [-0.1, -0.05) is 29.5 Å². The number of hydrogen-bond donors (Lipinski definition) is 1. The molecule has 1 amide bonds. The Balaban J connectivity index is 1.55. The minimum absolute atomic E-state index is 0.0176. The van der Waals surface area contributed by atoms with Crippen LogP contribution in [0.4, 0.5) is 5.13 Å². The van der Waals surface area contributed by atoms with E-state index in [1.165, 1.54) is 11.3 Å². The number of aryl methyl sites for hydroxylation is 2. The van der Waals surface area contributed by atoms with E-state index in [1.807, 2.05) is 32.0 Å². The Labute approximate surface area is 138 Å². The van der Waals surface area contributed by atoms with Crippen LogP contribution in [-0.2, 0) is 9.53 Å². The van der Waals surface area contributed by atoms with Gasteiger partial charge in [0.15, 0.2) is 6.61 Å². The fourth-order valence-electron chi connectivity index (χ4n) is 2.51. The minimum atomic E-state index is -0.248. The average molecular weight is 333 g/mol. The molecule has 0 radical (unpaired) electrons. The van der Waals surface area contributed by atoms with Gasteiger partial charge in [0.05, 0.1) is 0 Å². The normalized spacial score (nSPS) is 17.2. The Kier molecular flexibility index (Phi) is 4.88. The van der Waals surface area contributed by atoms with Crippen molar-refractivity contribution in [1.82, 2.24) is 10.2 Å². The second-order valence-corrected chi connectivity index (χ2v) is 6.51. The predicted octanol–water partition coefficient (Wildman–Crippen LogP) is 3.02. The quantitative estimate of drug-likeness (QED) is 0.910. The van der Waals surface area contributed by atoms with Crippen LogP contribution in [0.2, 0.25) is 0 Å². The van der Waals surface area contributed by atoms with Crippen molar-refractivity contribution in [3.63, 3.8) is 0 Å². The van der Waals surface area contributed by atoms with Crippen LogP contribution in [0.1, 0.15) is 35.1 Å². The van der Waals surface area contributed by atoms with Gasteiger partial charge < -0.3 is 9.47 Å². The maximum atomic E-state index is 12.0. The first-order chi connectivity index (χ1) is 11.1. The molecule has 1 atom stereocenters. The van der Waals surface area contributed by atoms with Crippen molar-refractivity contribution in [2.24, 2.45) is 0 Å². The third-order valence-electron chi connectivity index (χ3n) is 3.65. The number of anilines is 1. The number of hydrogen-bond acceptors (Lipinski definition) is 6. The molecule has 0 spiro atoms. The van der Waals surface area contributed by atoms with Crippen LogP contribution in [0.15, 0.2) is 18.2 Å². The maximum absolute atomic E-state index is 12.0. The van der Waals surface area contributed by atoms with Crippen molar-refractivity contribution in [1.29, 1.82) is 0 Å². The van der Waals surface area contributed by atoms with Gasteiger partial charge in [-0.2, -0.15) is 0 Å². The second kappa shape index (κ2) is 7.06. The Morgan fingerprint density at radius 2 is 2.17 bits per heavy atom. The molecule has 1 aliphatic heterocycles. The van der Waals surface area contributed by atoms with Crippen LogP contribution in [0.3, 0.4) is 0 Å². The smallest absolute Gasteiger partial charge is 0.264 e. The fourth-order valence-corrected chi connectivity index (χ4v) is 3.35. The Bertz CT molecular complexity index is 675. The molecular weight excluding hydrogens is 314 g/mol. The summed E-state index contributed by atoms with van der Waals surface area (Å²) in [7, 11) is 0. The second-order valence-electron chi connectivity index (χ2n) is 5.50. The number of carbonyl (C=O) groups is 1. The van der Waals surface area contributed by atoms with Crippen molar-refractivity contribution in [2.75, 3.05) is 18.5 Å². The van der Waals surface area contributed by atoms with Crippen LogP contribution >= 0.6 is 11.3 Å². The van der Waals surface area contributed by atoms with Gasteiger partial charge in [-0.05, 0) is 37.8 Å². The summed E-state index contributed by atoms with van der Waals surface area (Å²) >= 11 is 1.35. The lowest BCUT2D eigenvalue weighted by Crippen LogP contribution is -2.20. The number of benzene rings is 1. The van der Waals surface area contributed by atoms with Gasteiger partial charge in [-0.15, -0.1) is 10.2 Å². The first-order valence-corrected chi connectivity index (χ1v) is 8.39. The zero-order valence-corrected chi connectivity index (χ0v) is 14.0. The minimum Gasteiger partial charge on any atom is -0.483 e. The highest BCUT2D eigenvalue weighted by Gasteiger charge is 2.22. The number of nitrogens with zero attached hydrogens (tertiary/aromatic N) is 2. The van der Waals surface area contributed by atoms with Crippen LogP contribution in [0.25, 0.3) is 0 Å². The highest BCUT2D eigenvalue weighted by molar-refractivity contribution is 7.15. The van der Waals surface area contributed by atoms with Gasteiger partial charge in [0.25, 0.3) is 5.91 Å². The van der Waals surface area contributed by atoms with E-state index >= 15 is 0 Å². The average Bonchev–Trinajstić information content (AvgIpc) is 3.17. The molecule has 122 valence electrons. The summed E-state index contributed by atoms with van der Waals surface area (Å²) in [6, 6.07) is 5.88. The molecule has 3 rings (SSSR count). The number of aromatic nitrogens is 2. The molecule has 2 heterocycles. The third kappa shape index (κ3) is 3.86. The summed E-state index contributed by atoms with van der Waals surface area (Å²) in [6.45, 7) is 4.62. The molecule has 1 N–H and O–H groups in total. The predicted molar refractivity (Wildman–Crippen MR) is 87.9 cm³/mol. The molecule has 6 nitrogen and oxygen atoms in total. The molecule has 1 fully saturated rings. The first-order valence-electron chi connectivity index (χ1n) is 7.57. The van der Waals surface area contributed by atoms with E-state index in [9.17, 15) is 4.79 Å². The SMILES string of the molecule is Cc1cccc(C)c1OCC(=O)Nc1nnc([C@H]2CCCO2)s1. The van der Waals surface area contributed by atoms with E-state index in [-0.39, 0.29) is 18.6 Å². The Hall–Kier alpha value is -1.99. The van der Waals surface area contributed by atoms with Gasteiger partial charge in [0, 0.05) is 6.61 Å². The zero-order chi connectivity index (χ0) is 16.2. The first kappa shape index (κ1) is 15.9. The molecule has 0 saturated carbocycles. The molecule has 1 saturated heterocycles. The topological polar surface area (TPSA) is 73.3 Å². The number of para-hydroxylation sites is 1. The number of carbonyl (C=O) groups excluding carboxylic acids is 1. The third-order valence-corrected chi connectivity index (χ3v) is 4.58. The summed E-state index contributed by atoms with van der Waals surface area (Å²) in [5.74, 6) is 0.502. The van der Waals surface area contributed by atoms with Crippen molar-refractivity contribution in [3.8, 4) is 5.75 Å². The monoisotopic (exact) mass is 333 g/mol.